The summed E-state index contributed by atoms with van der Waals surface area (Å²) in [6.45, 7) is 6.86. The highest BCUT2D eigenvalue weighted by Gasteiger charge is 2.37. The maximum absolute atomic E-state index is 6.33. The first kappa shape index (κ1) is 23.7. The van der Waals surface area contributed by atoms with Crippen molar-refractivity contribution in [3.05, 3.63) is 66.3 Å². The molecule has 1 aromatic carbocycles. The van der Waals surface area contributed by atoms with Crippen LogP contribution in [-0.4, -0.2) is 52.0 Å². The lowest BCUT2D eigenvalue weighted by Gasteiger charge is -2.22. The number of rotatable bonds is 11. The molecule has 1 saturated heterocycles. The van der Waals surface area contributed by atoms with Gasteiger partial charge in [0.2, 0.25) is 0 Å². The molecular weight excluding hydrogens is 396 g/mol. The predicted molar refractivity (Wildman–Crippen MR) is 119 cm³/mol. The van der Waals surface area contributed by atoms with E-state index in [1.165, 1.54) is 5.57 Å². The molecule has 170 valence electrons. The van der Waals surface area contributed by atoms with Crippen molar-refractivity contribution < 1.29 is 28.4 Å². The highest BCUT2D eigenvalue weighted by Crippen LogP contribution is 2.35. The van der Waals surface area contributed by atoms with Crippen molar-refractivity contribution in [1.29, 1.82) is 0 Å². The van der Waals surface area contributed by atoms with E-state index in [0.29, 0.717) is 19.4 Å². The Balaban J connectivity index is 1.72. The molecule has 1 unspecified atom stereocenters. The van der Waals surface area contributed by atoms with Gasteiger partial charge in [-0.15, -0.1) is 6.58 Å². The van der Waals surface area contributed by atoms with E-state index < -0.39 is 6.29 Å². The lowest BCUT2D eigenvalue weighted by Crippen LogP contribution is -2.28. The van der Waals surface area contributed by atoms with Gasteiger partial charge in [0.15, 0.2) is 6.29 Å². The summed E-state index contributed by atoms with van der Waals surface area (Å²) < 4.78 is 34.6. The van der Waals surface area contributed by atoms with E-state index in [1.54, 1.807) is 14.2 Å². The monoisotopic (exact) mass is 430 g/mol. The Bertz CT molecular complexity index is 741. The average molecular weight is 431 g/mol. The molecule has 6 heteroatoms. The molecule has 31 heavy (non-hydrogen) atoms. The Hall–Kier alpha value is -1.96. The molecule has 0 N–H and O–H groups in total. The van der Waals surface area contributed by atoms with Crippen LogP contribution in [0.5, 0.6) is 5.75 Å². The fourth-order valence-electron chi connectivity index (χ4n) is 3.75. The Labute approximate surface area is 185 Å². The van der Waals surface area contributed by atoms with Gasteiger partial charge in [0.1, 0.15) is 18.6 Å². The Morgan fingerprint density at radius 2 is 1.97 bits per heavy atom. The third-order valence-electron chi connectivity index (χ3n) is 5.46. The molecule has 1 fully saturated rings. The van der Waals surface area contributed by atoms with Gasteiger partial charge < -0.3 is 28.4 Å². The highest BCUT2D eigenvalue weighted by atomic mass is 16.7. The first-order valence-corrected chi connectivity index (χ1v) is 10.7. The van der Waals surface area contributed by atoms with Crippen LogP contribution in [0.2, 0.25) is 0 Å². The molecule has 0 radical (unpaired) electrons. The minimum absolute atomic E-state index is 0.0583. The van der Waals surface area contributed by atoms with Crippen molar-refractivity contribution in [3.8, 4) is 5.75 Å². The second-order valence-corrected chi connectivity index (χ2v) is 7.85. The number of benzene rings is 1. The first-order chi connectivity index (χ1) is 15.1. The largest absolute Gasteiger partial charge is 0.497 e. The number of methoxy groups -OCH3 is 2. The van der Waals surface area contributed by atoms with Crippen molar-refractivity contribution in [3.63, 3.8) is 0 Å². The Kier molecular flexibility index (Phi) is 9.31. The molecule has 0 bridgehead atoms. The minimum Gasteiger partial charge on any atom is -0.497 e. The van der Waals surface area contributed by atoms with Crippen molar-refractivity contribution in [2.24, 2.45) is 0 Å². The summed E-state index contributed by atoms with van der Waals surface area (Å²) >= 11 is 0. The number of hydrogen-bond donors (Lipinski definition) is 0. The van der Waals surface area contributed by atoms with E-state index in [2.05, 4.69) is 31.7 Å². The van der Waals surface area contributed by atoms with Gasteiger partial charge in [0.25, 0.3) is 0 Å². The summed E-state index contributed by atoms with van der Waals surface area (Å²) in [6, 6.07) is 7.75. The van der Waals surface area contributed by atoms with Crippen LogP contribution in [0.3, 0.4) is 0 Å². The van der Waals surface area contributed by atoms with Gasteiger partial charge in [-0.05, 0) is 31.9 Å². The average Bonchev–Trinajstić information content (AvgIpc) is 3.19. The smallest absolute Gasteiger partial charge is 0.185 e. The maximum Gasteiger partial charge on any atom is 0.185 e. The van der Waals surface area contributed by atoms with Crippen molar-refractivity contribution in [2.75, 3.05) is 27.6 Å². The van der Waals surface area contributed by atoms with Crippen molar-refractivity contribution in [2.45, 2.75) is 56.9 Å². The van der Waals surface area contributed by atoms with E-state index in [-0.39, 0.29) is 31.2 Å². The topological polar surface area (TPSA) is 55.4 Å². The summed E-state index contributed by atoms with van der Waals surface area (Å²) in [7, 11) is 3.27. The van der Waals surface area contributed by atoms with E-state index in [1.807, 2.05) is 30.3 Å². The standard InChI is InChI=1S/C25H34O6/c1-5-6-21(29-17-26-3)16-24-23(12-11-22-15-18(2)13-14-28-22)30-25(31-24)19-7-9-20(27-4)10-8-19/h5,7-13,21-25H,1,6,14-17H2,2-4H3/b12-11+/t21-,22-,23-,24+,25?/m1/s1. The van der Waals surface area contributed by atoms with Gasteiger partial charge in [-0.1, -0.05) is 42.0 Å². The van der Waals surface area contributed by atoms with E-state index in [9.17, 15) is 0 Å². The molecule has 0 spiro atoms. The molecule has 0 aliphatic carbocycles. The normalized spacial score (nSPS) is 27.3. The molecule has 0 saturated carbocycles. The predicted octanol–water partition coefficient (Wildman–Crippen LogP) is 4.72. The van der Waals surface area contributed by atoms with Gasteiger partial charge in [-0.2, -0.15) is 0 Å². The van der Waals surface area contributed by atoms with Crippen LogP contribution in [0.15, 0.2) is 60.7 Å². The summed E-state index contributed by atoms with van der Waals surface area (Å²) in [5.41, 5.74) is 2.30. The van der Waals surface area contributed by atoms with Crippen LogP contribution in [0.1, 0.15) is 38.0 Å². The lowest BCUT2D eigenvalue weighted by atomic mass is 10.0. The fraction of sp³-hybridized carbons (Fsp3) is 0.520. The maximum atomic E-state index is 6.33. The fourth-order valence-corrected chi connectivity index (χ4v) is 3.75. The van der Waals surface area contributed by atoms with Crippen molar-refractivity contribution >= 4 is 0 Å². The van der Waals surface area contributed by atoms with E-state index >= 15 is 0 Å². The highest BCUT2D eigenvalue weighted by molar-refractivity contribution is 5.28. The minimum atomic E-state index is -0.453. The molecule has 1 aromatic rings. The summed E-state index contributed by atoms with van der Waals surface area (Å²) in [5, 5.41) is 0. The summed E-state index contributed by atoms with van der Waals surface area (Å²) in [5.74, 6) is 0.798. The van der Waals surface area contributed by atoms with Gasteiger partial charge >= 0.3 is 0 Å². The molecule has 6 nitrogen and oxygen atoms in total. The van der Waals surface area contributed by atoms with Crippen LogP contribution in [0.4, 0.5) is 0 Å². The van der Waals surface area contributed by atoms with Gasteiger partial charge in [-0.25, -0.2) is 0 Å². The van der Waals surface area contributed by atoms with Gasteiger partial charge in [0, 0.05) is 19.1 Å². The molecule has 5 atom stereocenters. The van der Waals surface area contributed by atoms with Crippen molar-refractivity contribution in [1.82, 2.24) is 0 Å². The van der Waals surface area contributed by atoms with Crippen LogP contribution < -0.4 is 4.74 Å². The second-order valence-electron chi connectivity index (χ2n) is 7.85. The van der Waals surface area contributed by atoms with E-state index in [4.69, 9.17) is 28.4 Å². The van der Waals surface area contributed by atoms with Gasteiger partial charge in [0.05, 0.1) is 32.0 Å². The quantitative estimate of drug-likeness (QED) is 0.374. The van der Waals surface area contributed by atoms with Crippen LogP contribution in [-0.2, 0) is 23.7 Å². The zero-order valence-corrected chi connectivity index (χ0v) is 18.7. The Morgan fingerprint density at radius 1 is 1.16 bits per heavy atom. The third-order valence-corrected chi connectivity index (χ3v) is 5.46. The third kappa shape index (κ3) is 7.02. The number of ether oxygens (including phenoxy) is 6. The first-order valence-electron chi connectivity index (χ1n) is 10.7. The SMILES string of the molecule is C=CC[C@H](C[C@@H]1OC(c2ccc(OC)cc2)O[C@@H]1/C=C/[C@@H]1CC(C)=CCO1)OCOC. The molecule has 2 heterocycles. The number of hydrogen-bond acceptors (Lipinski definition) is 6. The molecule has 0 aromatic heterocycles. The van der Waals surface area contributed by atoms with E-state index in [0.717, 1.165) is 17.7 Å². The van der Waals surface area contributed by atoms with Crippen LogP contribution in [0, 0.1) is 0 Å². The van der Waals surface area contributed by atoms with Crippen LogP contribution >= 0.6 is 0 Å². The van der Waals surface area contributed by atoms with Gasteiger partial charge in [-0.3, -0.25) is 0 Å². The molecule has 3 rings (SSSR count). The zero-order chi connectivity index (χ0) is 22.1. The Morgan fingerprint density at radius 3 is 2.65 bits per heavy atom. The zero-order valence-electron chi connectivity index (χ0n) is 18.7. The summed E-state index contributed by atoms with van der Waals surface area (Å²) in [4.78, 5) is 0. The molecular formula is C25H34O6. The second kappa shape index (κ2) is 12.2. The lowest BCUT2D eigenvalue weighted by molar-refractivity contribution is -0.0965. The molecule has 0 amide bonds. The van der Waals surface area contributed by atoms with Crippen LogP contribution in [0.25, 0.3) is 0 Å². The summed E-state index contributed by atoms with van der Waals surface area (Å²) in [6.07, 6.45) is 9.58. The molecule has 2 aliphatic heterocycles. The molecule has 2 aliphatic rings.